The summed E-state index contributed by atoms with van der Waals surface area (Å²) >= 11 is 12.5. The molecule has 0 aliphatic rings. The molecule has 2 nitrogen and oxygen atoms in total. The zero-order valence-electron chi connectivity index (χ0n) is 9.87. The van der Waals surface area contributed by atoms with Gasteiger partial charge in [-0.1, -0.05) is 35.4 Å². The predicted molar refractivity (Wildman–Crippen MR) is 83.7 cm³/mol. The molecule has 2 rings (SSSR count). The summed E-state index contributed by atoms with van der Waals surface area (Å²) in [7, 11) is 0. The van der Waals surface area contributed by atoms with Gasteiger partial charge in [0, 0.05) is 22.7 Å². The summed E-state index contributed by atoms with van der Waals surface area (Å²) in [6.45, 7) is 2.74. The molecule has 0 saturated carbocycles. The molecule has 0 bridgehead atoms. The molecule has 0 fully saturated rings. The fourth-order valence-corrected chi connectivity index (χ4v) is 2.84. The molecule has 0 atom stereocenters. The molecule has 0 spiro atoms. The third-order valence-corrected chi connectivity index (χ3v) is 3.97. The van der Waals surface area contributed by atoms with Crippen molar-refractivity contribution in [3.63, 3.8) is 0 Å². The Hall–Kier alpha value is -1.10. The van der Waals surface area contributed by atoms with E-state index >= 15 is 0 Å². The number of thiocarbonyl (C=S) groups is 1. The molecular weight excluding hydrogens is 284 g/mol. The van der Waals surface area contributed by atoms with E-state index in [1.54, 1.807) is 11.3 Å². The molecule has 1 aromatic heterocycles. The van der Waals surface area contributed by atoms with Crippen molar-refractivity contribution in [3.8, 4) is 0 Å². The van der Waals surface area contributed by atoms with E-state index in [0.717, 1.165) is 27.7 Å². The highest BCUT2D eigenvalue weighted by molar-refractivity contribution is 7.80. The highest BCUT2D eigenvalue weighted by atomic mass is 35.5. The van der Waals surface area contributed by atoms with Gasteiger partial charge in [0.15, 0.2) is 0 Å². The highest BCUT2D eigenvalue weighted by Crippen LogP contribution is 2.23. The normalized spacial score (nSPS) is 10.3. The Morgan fingerprint density at radius 1 is 1.39 bits per heavy atom. The monoisotopic (exact) mass is 296 g/mol. The molecule has 0 radical (unpaired) electrons. The zero-order chi connectivity index (χ0) is 13.1. The summed E-state index contributed by atoms with van der Waals surface area (Å²) in [6.07, 6.45) is 0. The molecule has 0 saturated heterocycles. The lowest BCUT2D eigenvalue weighted by molar-refractivity contribution is 1.19. The molecule has 0 amide bonds. The van der Waals surface area contributed by atoms with Gasteiger partial charge >= 0.3 is 0 Å². The minimum absolute atomic E-state index is 0.408. The Bertz CT molecular complexity index is 578. The molecule has 0 aliphatic carbocycles. The van der Waals surface area contributed by atoms with E-state index in [9.17, 15) is 0 Å². The zero-order valence-corrected chi connectivity index (χ0v) is 12.3. The maximum Gasteiger partial charge on any atom is 0.106 e. The van der Waals surface area contributed by atoms with E-state index in [2.05, 4.69) is 5.32 Å². The number of hydrogen-bond donors (Lipinski definition) is 2. The number of hydrogen-bond acceptors (Lipinski definition) is 3. The van der Waals surface area contributed by atoms with Gasteiger partial charge in [0.2, 0.25) is 0 Å². The van der Waals surface area contributed by atoms with E-state index < -0.39 is 0 Å². The second-order valence-corrected chi connectivity index (χ2v) is 6.21. The van der Waals surface area contributed by atoms with Crippen LogP contribution < -0.4 is 11.1 Å². The lowest BCUT2D eigenvalue weighted by atomic mass is 10.1. The number of aryl methyl sites for hydroxylation is 1. The second kappa shape index (κ2) is 5.69. The van der Waals surface area contributed by atoms with Gasteiger partial charge in [-0.15, -0.1) is 11.3 Å². The maximum atomic E-state index is 5.89. The largest absolute Gasteiger partial charge is 0.389 e. The maximum absolute atomic E-state index is 5.89. The van der Waals surface area contributed by atoms with Crippen LogP contribution in [0.2, 0.25) is 4.34 Å². The van der Waals surface area contributed by atoms with Crippen LogP contribution >= 0.6 is 35.2 Å². The Morgan fingerprint density at radius 2 is 2.17 bits per heavy atom. The predicted octanol–water partition coefficient (Wildman–Crippen LogP) is 3.96. The minimum Gasteiger partial charge on any atom is -0.389 e. The SMILES string of the molecule is Cc1ccc(NCc2ccc(Cl)s2)c(C(N)=S)c1. The van der Waals surface area contributed by atoms with Crippen molar-refractivity contribution < 1.29 is 0 Å². The summed E-state index contributed by atoms with van der Waals surface area (Å²) in [6, 6.07) is 9.93. The van der Waals surface area contributed by atoms with Crippen molar-refractivity contribution in [3.05, 3.63) is 50.7 Å². The molecule has 1 heterocycles. The fraction of sp³-hybridized carbons (Fsp3) is 0.154. The van der Waals surface area contributed by atoms with E-state index in [1.165, 1.54) is 4.88 Å². The van der Waals surface area contributed by atoms with Gasteiger partial charge < -0.3 is 11.1 Å². The first kappa shape index (κ1) is 13.3. The number of rotatable bonds is 4. The van der Waals surface area contributed by atoms with Gasteiger partial charge in [-0.25, -0.2) is 0 Å². The minimum atomic E-state index is 0.408. The van der Waals surface area contributed by atoms with E-state index in [-0.39, 0.29) is 0 Å². The van der Waals surface area contributed by atoms with Crippen LogP contribution in [-0.4, -0.2) is 4.99 Å². The van der Waals surface area contributed by atoms with Crippen LogP contribution in [0.1, 0.15) is 16.0 Å². The fourth-order valence-electron chi connectivity index (χ4n) is 1.65. The van der Waals surface area contributed by atoms with Gasteiger partial charge in [-0.2, -0.15) is 0 Å². The summed E-state index contributed by atoms with van der Waals surface area (Å²) in [4.78, 5) is 1.58. The number of benzene rings is 1. The molecule has 3 N–H and O–H groups in total. The van der Waals surface area contributed by atoms with Gasteiger partial charge in [-0.05, 0) is 31.2 Å². The van der Waals surface area contributed by atoms with Crippen LogP contribution in [0.5, 0.6) is 0 Å². The number of nitrogens with one attached hydrogen (secondary N) is 1. The molecule has 2 aromatic rings. The van der Waals surface area contributed by atoms with Crippen molar-refractivity contribution in [2.75, 3.05) is 5.32 Å². The van der Waals surface area contributed by atoms with Crippen LogP contribution in [0.4, 0.5) is 5.69 Å². The molecule has 18 heavy (non-hydrogen) atoms. The highest BCUT2D eigenvalue weighted by Gasteiger charge is 2.06. The molecular formula is C13H13ClN2S2. The Morgan fingerprint density at radius 3 is 2.78 bits per heavy atom. The summed E-state index contributed by atoms with van der Waals surface area (Å²) in [5.41, 5.74) is 8.71. The van der Waals surface area contributed by atoms with E-state index in [1.807, 2.05) is 37.3 Å². The molecule has 0 unspecified atom stereocenters. The van der Waals surface area contributed by atoms with E-state index in [0.29, 0.717) is 4.99 Å². The molecule has 5 heteroatoms. The number of anilines is 1. The average molecular weight is 297 g/mol. The van der Waals surface area contributed by atoms with Crippen molar-refractivity contribution in [2.45, 2.75) is 13.5 Å². The smallest absolute Gasteiger partial charge is 0.106 e. The Kier molecular flexibility index (Phi) is 4.22. The second-order valence-electron chi connectivity index (χ2n) is 3.97. The van der Waals surface area contributed by atoms with Gasteiger partial charge in [0.25, 0.3) is 0 Å². The number of thiophene rings is 1. The molecule has 0 aliphatic heterocycles. The number of nitrogens with two attached hydrogens (primary N) is 1. The first-order valence-electron chi connectivity index (χ1n) is 5.45. The first-order chi connectivity index (χ1) is 8.56. The van der Waals surface area contributed by atoms with Crippen LogP contribution in [-0.2, 0) is 6.54 Å². The van der Waals surface area contributed by atoms with Gasteiger partial charge in [0.05, 0.1) is 4.34 Å². The van der Waals surface area contributed by atoms with Crippen LogP contribution in [0.15, 0.2) is 30.3 Å². The number of halogens is 1. The van der Waals surface area contributed by atoms with Crippen LogP contribution in [0.25, 0.3) is 0 Å². The molecule has 1 aromatic carbocycles. The first-order valence-corrected chi connectivity index (χ1v) is 7.05. The van der Waals surface area contributed by atoms with Crippen molar-refractivity contribution >= 4 is 45.8 Å². The Labute approximate surface area is 121 Å². The lowest BCUT2D eigenvalue weighted by Gasteiger charge is -2.11. The van der Waals surface area contributed by atoms with Crippen molar-refractivity contribution in [1.82, 2.24) is 0 Å². The van der Waals surface area contributed by atoms with Crippen molar-refractivity contribution in [2.24, 2.45) is 5.73 Å². The van der Waals surface area contributed by atoms with Gasteiger partial charge in [0.1, 0.15) is 4.99 Å². The van der Waals surface area contributed by atoms with Crippen LogP contribution in [0.3, 0.4) is 0 Å². The summed E-state index contributed by atoms with van der Waals surface area (Å²) in [5.74, 6) is 0. The standard InChI is InChI=1S/C13H13ClN2S2/c1-8-2-4-11(10(6-8)13(15)17)16-7-9-3-5-12(14)18-9/h2-6,16H,7H2,1H3,(H2,15,17). The molecule has 94 valence electrons. The third kappa shape index (κ3) is 3.22. The summed E-state index contributed by atoms with van der Waals surface area (Å²) < 4.78 is 0.797. The third-order valence-electron chi connectivity index (χ3n) is 2.52. The van der Waals surface area contributed by atoms with E-state index in [4.69, 9.17) is 29.6 Å². The lowest BCUT2D eigenvalue weighted by Crippen LogP contribution is -2.13. The van der Waals surface area contributed by atoms with Crippen LogP contribution in [0, 0.1) is 6.92 Å². The quantitative estimate of drug-likeness (QED) is 0.839. The van der Waals surface area contributed by atoms with Crippen molar-refractivity contribution in [1.29, 1.82) is 0 Å². The van der Waals surface area contributed by atoms with Gasteiger partial charge in [-0.3, -0.25) is 0 Å². The average Bonchev–Trinajstić information content (AvgIpc) is 2.73. The Balaban J connectivity index is 2.16. The topological polar surface area (TPSA) is 38.0 Å². The summed E-state index contributed by atoms with van der Waals surface area (Å²) in [5, 5.41) is 3.34.